The highest BCUT2D eigenvalue weighted by atomic mass is 16.5. The SMILES string of the molecule is COc1ccccc1OCC(=O)NC1(CO)CC1. The maximum absolute atomic E-state index is 11.6. The normalized spacial score (nSPS) is 15.9. The maximum Gasteiger partial charge on any atom is 0.258 e. The second-order valence-electron chi connectivity index (χ2n) is 4.43. The lowest BCUT2D eigenvalue weighted by molar-refractivity contribution is -0.124. The summed E-state index contributed by atoms with van der Waals surface area (Å²) in [4.78, 5) is 11.6. The van der Waals surface area contributed by atoms with Gasteiger partial charge in [0, 0.05) is 0 Å². The number of hydrogen-bond donors (Lipinski definition) is 2. The summed E-state index contributed by atoms with van der Waals surface area (Å²) in [5, 5.41) is 11.9. The van der Waals surface area contributed by atoms with Gasteiger partial charge in [0.1, 0.15) is 0 Å². The molecular formula is C13H17NO4. The number of aliphatic hydroxyl groups excluding tert-OH is 1. The van der Waals surface area contributed by atoms with E-state index in [0.29, 0.717) is 11.5 Å². The molecule has 18 heavy (non-hydrogen) atoms. The van der Waals surface area contributed by atoms with Crippen LogP contribution < -0.4 is 14.8 Å². The molecule has 1 saturated carbocycles. The van der Waals surface area contributed by atoms with Gasteiger partial charge < -0.3 is 19.9 Å². The molecule has 0 aromatic heterocycles. The molecule has 0 radical (unpaired) electrons. The third-order valence-electron chi connectivity index (χ3n) is 2.99. The van der Waals surface area contributed by atoms with Crippen molar-refractivity contribution in [2.24, 2.45) is 0 Å². The lowest BCUT2D eigenvalue weighted by atomic mass is 10.3. The van der Waals surface area contributed by atoms with E-state index < -0.39 is 5.54 Å². The molecule has 2 rings (SSSR count). The molecule has 1 amide bonds. The van der Waals surface area contributed by atoms with Crippen molar-refractivity contribution in [3.05, 3.63) is 24.3 Å². The van der Waals surface area contributed by atoms with Crippen molar-refractivity contribution in [1.29, 1.82) is 0 Å². The summed E-state index contributed by atoms with van der Waals surface area (Å²) >= 11 is 0. The van der Waals surface area contributed by atoms with Crippen LogP contribution in [0.25, 0.3) is 0 Å². The van der Waals surface area contributed by atoms with Gasteiger partial charge in [-0.05, 0) is 25.0 Å². The molecule has 1 aliphatic carbocycles. The number of aliphatic hydroxyl groups is 1. The minimum atomic E-state index is -0.402. The summed E-state index contributed by atoms with van der Waals surface area (Å²) in [6.45, 7) is -0.102. The Morgan fingerprint density at radius 1 is 1.39 bits per heavy atom. The molecule has 5 nitrogen and oxygen atoms in total. The van der Waals surface area contributed by atoms with E-state index in [9.17, 15) is 4.79 Å². The zero-order valence-corrected chi connectivity index (χ0v) is 10.3. The van der Waals surface area contributed by atoms with E-state index in [4.69, 9.17) is 14.6 Å². The average Bonchev–Trinajstić information content (AvgIpc) is 3.17. The lowest BCUT2D eigenvalue weighted by Gasteiger charge is -2.15. The fourth-order valence-corrected chi connectivity index (χ4v) is 1.69. The molecule has 2 N–H and O–H groups in total. The second-order valence-corrected chi connectivity index (χ2v) is 4.43. The minimum Gasteiger partial charge on any atom is -0.493 e. The fourth-order valence-electron chi connectivity index (χ4n) is 1.69. The number of hydrogen-bond acceptors (Lipinski definition) is 4. The number of nitrogens with one attached hydrogen (secondary N) is 1. The van der Waals surface area contributed by atoms with Crippen molar-refractivity contribution in [2.75, 3.05) is 20.3 Å². The van der Waals surface area contributed by atoms with Gasteiger partial charge in [0.05, 0.1) is 19.3 Å². The zero-order valence-electron chi connectivity index (χ0n) is 10.3. The van der Waals surface area contributed by atoms with Gasteiger partial charge in [-0.2, -0.15) is 0 Å². The number of carbonyl (C=O) groups excluding carboxylic acids is 1. The van der Waals surface area contributed by atoms with Gasteiger partial charge in [-0.15, -0.1) is 0 Å². The van der Waals surface area contributed by atoms with E-state index in [0.717, 1.165) is 12.8 Å². The number of para-hydroxylation sites is 2. The molecule has 0 aliphatic heterocycles. The molecule has 0 spiro atoms. The van der Waals surface area contributed by atoms with Crippen LogP contribution in [0.1, 0.15) is 12.8 Å². The molecule has 0 unspecified atom stereocenters. The number of carbonyl (C=O) groups is 1. The summed E-state index contributed by atoms with van der Waals surface area (Å²) in [6, 6.07) is 7.15. The summed E-state index contributed by atoms with van der Waals surface area (Å²) in [5.41, 5.74) is -0.402. The Morgan fingerprint density at radius 2 is 2.06 bits per heavy atom. The third kappa shape index (κ3) is 2.92. The van der Waals surface area contributed by atoms with Crippen LogP contribution in [0.3, 0.4) is 0 Å². The largest absolute Gasteiger partial charge is 0.493 e. The highest BCUT2D eigenvalue weighted by Crippen LogP contribution is 2.34. The van der Waals surface area contributed by atoms with Crippen molar-refractivity contribution in [3.63, 3.8) is 0 Å². The van der Waals surface area contributed by atoms with Gasteiger partial charge in [-0.1, -0.05) is 12.1 Å². The predicted octanol–water partition coefficient (Wildman–Crippen LogP) is 0.715. The number of rotatable bonds is 6. The molecule has 0 bridgehead atoms. The van der Waals surface area contributed by atoms with Crippen LogP contribution in [-0.2, 0) is 4.79 Å². The molecule has 1 aromatic rings. The van der Waals surface area contributed by atoms with Gasteiger partial charge in [-0.25, -0.2) is 0 Å². The van der Waals surface area contributed by atoms with Crippen LogP contribution in [0.4, 0.5) is 0 Å². The highest BCUT2D eigenvalue weighted by molar-refractivity contribution is 5.79. The Morgan fingerprint density at radius 3 is 2.61 bits per heavy atom. The van der Waals surface area contributed by atoms with Crippen LogP contribution in [0.15, 0.2) is 24.3 Å². The quantitative estimate of drug-likeness (QED) is 0.781. The Hall–Kier alpha value is -1.75. The number of benzene rings is 1. The summed E-state index contributed by atoms with van der Waals surface area (Å²) in [5.74, 6) is 0.894. The van der Waals surface area contributed by atoms with E-state index in [1.807, 2.05) is 12.1 Å². The summed E-state index contributed by atoms with van der Waals surface area (Å²) < 4.78 is 10.5. The standard InChI is InChI=1S/C13H17NO4/c1-17-10-4-2-3-5-11(10)18-8-12(16)14-13(9-15)6-7-13/h2-5,15H,6-9H2,1H3,(H,14,16). The van der Waals surface area contributed by atoms with Crippen LogP contribution in [0.2, 0.25) is 0 Å². The lowest BCUT2D eigenvalue weighted by Crippen LogP contribution is -2.42. The van der Waals surface area contributed by atoms with E-state index in [2.05, 4.69) is 5.32 Å². The molecule has 0 saturated heterocycles. The number of amides is 1. The van der Waals surface area contributed by atoms with Crippen molar-refractivity contribution < 1.29 is 19.4 Å². The predicted molar refractivity (Wildman–Crippen MR) is 65.7 cm³/mol. The second kappa shape index (κ2) is 5.27. The molecule has 98 valence electrons. The molecule has 1 aromatic carbocycles. The first-order valence-corrected chi connectivity index (χ1v) is 5.87. The summed E-state index contributed by atoms with van der Waals surface area (Å²) in [7, 11) is 1.55. The molecule has 0 heterocycles. The first kappa shape index (κ1) is 12.7. The van der Waals surface area contributed by atoms with E-state index in [1.54, 1.807) is 19.2 Å². The van der Waals surface area contributed by atoms with Crippen molar-refractivity contribution in [1.82, 2.24) is 5.32 Å². The summed E-state index contributed by atoms with van der Waals surface area (Å²) in [6.07, 6.45) is 1.65. The van der Waals surface area contributed by atoms with E-state index >= 15 is 0 Å². The van der Waals surface area contributed by atoms with Gasteiger partial charge in [0.25, 0.3) is 5.91 Å². The van der Waals surface area contributed by atoms with Crippen molar-refractivity contribution in [2.45, 2.75) is 18.4 Å². The van der Waals surface area contributed by atoms with Gasteiger partial charge in [0.15, 0.2) is 18.1 Å². The van der Waals surface area contributed by atoms with Crippen LogP contribution in [0, 0.1) is 0 Å². The fraction of sp³-hybridized carbons (Fsp3) is 0.462. The van der Waals surface area contributed by atoms with Crippen molar-refractivity contribution >= 4 is 5.91 Å². The maximum atomic E-state index is 11.6. The topological polar surface area (TPSA) is 67.8 Å². The third-order valence-corrected chi connectivity index (χ3v) is 2.99. The molecule has 0 atom stereocenters. The first-order chi connectivity index (χ1) is 8.69. The average molecular weight is 251 g/mol. The monoisotopic (exact) mass is 251 g/mol. The molecular weight excluding hydrogens is 234 g/mol. The van der Waals surface area contributed by atoms with E-state index in [-0.39, 0.29) is 19.1 Å². The van der Waals surface area contributed by atoms with Gasteiger partial charge in [0.2, 0.25) is 0 Å². The van der Waals surface area contributed by atoms with Crippen molar-refractivity contribution in [3.8, 4) is 11.5 Å². The minimum absolute atomic E-state index is 0.0204. The molecule has 1 aliphatic rings. The smallest absolute Gasteiger partial charge is 0.258 e. The van der Waals surface area contributed by atoms with Crippen LogP contribution in [-0.4, -0.2) is 36.9 Å². The van der Waals surface area contributed by atoms with E-state index in [1.165, 1.54) is 0 Å². The highest BCUT2D eigenvalue weighted by Gasteiger charge is 2.43. The zero-order chi connectivity index (χ0) is 13.0. The molecule has 5 heteroatoms. The van der Waals surface area contributed by atoms with Gasteiger partial charge in [-0.3, -0.25) is 4.79 Å². The van der Waals surface area contributed by atoms with Crippen LogP contribution >= 0.6 is 0 Å². The Bertz CT molecular complexity index is 429. The van der Waals surface area contributed by atoms with Gasteiger partial charge >= 0.3 is 0 Å². The molecule has 1 fully saturated rings. The Balaban J connectivity index is 1.85. The number of ether oxygens (including phenoxy) is 2. The van der Waals surface area contributed by atoms with Crippen LogP contribution in [0.5, 0.6) is 11.5 Å². The Labute approximate surface area is 106 Å². The number of methoxy groups -OCH3 is 1. The first-order valence-electron chi connectivity index (χ1n) is 5.87. The Kier molecular flexibility index (Phi) is 3.72.